The van der Waals surface area contributed by atoms with Gasteiger partial charge in [-0.25, -0.2) is 0 Å². The lowest BCUT2D eigenvalue weighted by Crippen LogP contribution is -2.50. The predicted molar refractivity (Wildman–Crippen MR) is 128 cm³/mol. The quantitative estimate of drug-likeness (QED) is 0.454. The van der Waals surface area contributed by atoms with Gasteiger partial charge in [-0.3, -0.25) is 0 Å². The van der Waals surface area contributed by atoms with Gasteiger partial charge in [-0.1, -0.05) is 57.9 Å². The molecule has 4 aliphatic carbocycles. The van der Waals surface area contributed by atoms with E-state index in [1.807, 2.05) is 0 Å². The zero-order chi connectivity index (χ0) is 21.7. The van der Waals surface area contributed by atoms with Gasteiger partial charge in [0.15, 0.2) is 0 Å². The smallest absolute Gasteiger partial charge is 0.0577 e. The van der Waals surface area contributed by atoms with Gasteiger partial charge in [-0.2, -0.15) is 0 Å². The Labute approximate surface area is 186 Å². The first-order valence-electron chi connectivity index (χ1n) is 13.2. The predicted octanol–water partition coefficient (Wildman–Crippen LogP) is 7.94. The Morgan fingerprint density at radius 3 is 2.57 bits per heavy atom. The highest BCUT2D eigenvalue weighted by molar-refractivity contribution is 5.25. The van der Waals surface area contributed by atoms with Gasteiger partial charge < -0.3 is 5.11 Å². The van der Waals surface area contributed by atoms with Crippen LogP contribution in [0.3, 0.4) is 0 Å². The summed E-state index contributed by atoms with van der Waals surface area (Å²) >= 11 is 0. The Morgan fingerprint density at radius 2 is 1.87 bits per heavy atom. The van der Waals surface area contributed by atoms with Crippen LogP contribution in [0.4, 0.5) is 0 Å². The van der Waals surface area contributed by atoms with Gasteiger partial charge in [-0.05, 0) is 117 Å². The summed E-state index contributed by atoms with van der Waals surface area (Å²) in [5.41, 5.74) is 4.21. The minimum atomic E-state index is -0.0839. The number of hydrogen-bond acceptors (Lipinski definition) is 1. The molecule has 170 valence electrons. The van der Waals surface area contributed by atoms with Crippen LogP contribution in [0.5, 0.6) is 0 Å². The minimum Gasteiger partial charge on any atom is -0.393 e. The number of aliphatic hydroxyl groups excluding tert-OH is 1. The van der Waals surface area contributed by atoms with Crippen molar-refractivity contribution in [2.45, 2.75) is 112 Å². The molecule has 4 rings (SSSR count). The van der Waals surface area contributed by atoms with Crippen molar-refractivity contribution in [3.63, 3.8) is 0 Å². The third-order valence-electron chi connectivity index (χ3n) is 10.8. The molecule has 0 spiro atoms. The Hall–Kier alpha value is -0.560. The van der Waals surface area contributed by atoms with E-state index in [1.54, 1.807) is 11.1 Å². The van der Waals surface area contributed by atoms with Gasteiger partial charge in [0.1, 0.15) is 0 Å². The van der Waals surface area contributed by atoms with Gasteiger partial charge in [0.2, 0.25) is 0 Å². The second-order valence-corrected chi connectivity index (χ2v) is 12.4. The van der Waals surface area contributed by atoms with Crippen molar-refractivity contribution in [3.05, 3.63) is 23.3 Å². The molecule has 1 nitrogen and oxygen atoms in total. The molecule has 0 unspecified atom stereocenters. The number of aliphatic hydroxyl groups is 1. The highest BCUT2D eigenvalue weighted by Gasteiger charge is 2.59. The molecule has 1 N–H and O–H groups in total. The van der Waals surface area contributed by atoms with E-state index >= 15 is 0 Å². The van der Waals surface area contributed by atoms with Crippen LogP contribution in [-0.2, 0) is 0 Å². The van der Waals surface area contributed by atoms with Crippen LogP contribution in [0.1, 0.15) is 106 Å². The molecule has 3 saturated carbocycles. The average molecular weight is 413 g/mol. The lowest BCUT2D eigenvalue weighted by Gasteiger charge is -2.58. The largest absolute Gasteiger partial charge is 0.393 e. The summed E-state index contributed by atoms with van der Waals surface area (Å²) in [4.78, 5) is 0. The van der Waals surface area contributed by atoms with Crippen molar-refractivity contribution in [1.82, 2.24) is 0 Å². The molecular weight excluding hydrogens is 364 g/mol. The third-order valence-corrected chi connectivity index (χ3v) is 10.8. The first-order valence-corrected chi connectivity index (χ1v) is 13.2. The lowest BCUT2D eigenvalue weighted by atomic mass is 9.47. The number of hydrogen-bond donors (Lipinski definition) is 1. The van der Waals surface area contributed by atoms with Crippen LogP contribution in [0.15, 0.2) is 23.3 Å². The van der Waals surface area contributed by atoms with Crippen LogP contribution in [0, 0.1) is 46.3 Å². The van der Waals surface area contributed by atoms with E-state index in [0.29, 0.717) is 16.7 Å². The SMILES string of the molecule is C/C=C(/CC[C@@H](C)[C@H]1CC[C@@H]2[C@@H]3CC=C4C[C@@H](O)CC[C@]4(C)[C@H]3CC[C@@]21C)C(C)C. The van der Waals surface area contributed by atoms with E-state index in [-0.39, 0.29) is 6.10 Å². The molecule has 0 saturated heterocycles. The fourth-order valence-electron chi connectivity index (χ4n) is 8.98. The Bertz CT molecular complexity index is 686. The molecule has 0 amide bonds. The van der Waals surface area contributed by atoms with Crippen LogP contribution >= 0.6 is 0 Å². The highest BCUT2D eigenvalue weighted by atomic mass is 16.3. The summed E-state index contributed by atoms with van der Waals surface area (Å²) in [6.45, 7) is 14.7. The van der Waals surface area contributed by atoms with Crippen LogP contribution < -0.4 is 0 Å². The van der Waals surface area contributed by atoms with Crippen LogP contribution in [0.2, 0.25) is 0 Å². The maximum absolute atomic E-state index is 10.2. The van der Waals surface area contributed by atoms with E-state index in [0.717, 1.165) is 42.4 Å². The van der Waals surface area contributed by atoms with E-state index in [9.17, 15) is 5.11 Å². The summed E-state index contributed by atoms with van der Waals surface area (Å²) < 4.78 is 0. The molecule has 0 aromatic heterocycles. The summed E-state index contributed by atoms with van der Waals surface area (Å²) in [5.74, 6) is 5.15. The molecule has 0 bridgehead atoms. The second-order valence-electron chi connectivity index (χ2n) is 12.4. The molecule has 0 aliphatic heterocycles. The van der Waals surface area contributed by atoms with Gasteiger partial charge in [0.25, 0.3) is 0 Å². The lowest BCUT2D eigenvalue weighted by molar-refractivity contribution is -0.0571. The van der Waals surface area contributed by atoms with Crippen molar-refractivity contribution in [3.8, 4) is 0 Å². The summed E-state index contributed by atoms with van der Waals surface area (Å²) in [6, 6.07) is 0. The first kappa shape index (κ1) is 22.6. The Morgan fingerprint density at radius 1 is 1.10 bits per heavy atom. The fraction of sp³-hybridized carbons (Fsp3) is 0.862. The van der Waals surface area contributed by atoms with Crippen LogP contribution in [-0.4, -0.2) is 11.2 Å². The van der Waals surface area contributed by atoms with E-state index < -0.39 is 0 Å². The van der Waals surface area contributed by atoms with Crippen molar-refractivity contribution >= 4 is 0 Å². The number of rotatable bonds is 5. The Kier molecular flexibility index (Phi) is 6.35. The van der Waals surface area contributed by atoms with Gasteiger partial charge in [-0.15, -0.1) is 0 Å². The minimum absolute atomic E-state index is 0.0839. The standard InChI is InChI=1S/C29H48O/c1-7-21(19(2)3)9-8-20(4)25-12-13-26-24-11-10-22-18-23(30)14-16-28(22,5)27(24)15-17-29(25,26)6/h7,10,19-20,23-27,30H,8-9,11-18H2,1-6H3/b21-7-/t20-,23+,24+,25-,26-,27+,28+,29-/m1/s1. The molecular formula is C29H48O. The molecule has 0 aromatic carbocycles. The maximum Gasteiger partial charge on any atom is 0.0577 e. The highest BCUT2D eigenvalue weighted by Crippen LogP contribution is 2.67. The fourth-order valence-corrected chi connectivity index (χ4v) is 8.98. The Balaban J connectivity index is 1.49. The van der Waals surface area contributed by atoms with Crippen molar-refractivity contribution in [2.75, 3.05) is 0 Å². The van der Waals surface area contributed by atoms with Gasteiger partial charge in [0, 0.05) is 0 Å². The summed E-state index contributed by atoms with van der Waals surface area (Å²) in [7, 11) is 0. The first-order chi connectivity index (χ1) is 14.2. The average Bonchev–Trinajstić information content (AvgIpc) is 3.06. The third kappa shape index (κ3) is 3.66. The molecule has 3 fully saturated rings. The molecule has 4 aliphatic rings. The molecule has 1 heteroatoms. The van der Waals surface area contributed by atoms with Crippen LogP contribution in [0.25, 0.3) is 0 Å². The topological polar surface area (TPSA) is 20.2 Å². The second kappa shape index (κ2) is 8.42. The molecule has 0 aromatic rings. The number of allylic oxidation sites excluding steroid dienone is 3. The summed E-state index contributed by atoms with van der Waals surface area (Å²) in [5, 5.41) is 10.2. The molecule has 8 atom stereocenters. The zero-order valence-corrected chi connectivity index (χ0v) is 20.7. The van der Waals surface area contributed by atoms with E-state index in [1.165, 1.54) is 51.4 Å². The number of fused-ring (bicyclic) bond motifs is 5. The van der Waals surface area contributed by atoms with E-state index in [2.05, 4.69) is 53.7 Å². The maximum atomic E-state index is 10.2. The van der Waals surface area contributed by atoms with Gasteiger partial charge in [0.05, 0.1) is 6.10 Å². The molecule has 0 heterocycles. The normalized spacial score (nSPS) is 44.9. The van der Waals surface area contributed by atoms with E-state index in [4.69, 9.17) is 0 Å². The van der Waals surface area contributed by atoms with Gasteiger partial charge >= 0.3 is 0 Å². The monoisotopic (exact) mass is 412 g/mol. The summed E-state index contributed by atoms with van der Waals surface area (Å²) in [6.07, 6.45) is 17.8. The zero-order valence-electron chi connectivity index (χ0n) is 20.7. The van der Waals surface area contributed by atoms with Crippen molar-refractivity contribution in [1.29, 1.82) is 0 Å². The molecule has 0 radical (unpaired) electrons. The molecule has 30 heavy (non-hydrogen) atoms. The van der Waals surface area contributed by atoms with Crippen molar-refractivity contribution < 1.29 is 5.11 Å². The van der Waals surface area contributed by atoms with Crippen molar-refractivity contribution in [2.24, 2.45) is 46.3 Å².